The number of fused-ring (bicyclic) bond motifs is 2. The molecule has 0 atom stereocenters. The Morgan fingerprint density at radius 3 is 2.54 bits per heavy atom. The Balaban J connectivity index is 1.80. The number of ether oxygens (including phenoxy) is 2. The molecular formula is C21H21FN2O2. The maximum absolute atomic E-state index is 13.3. The number of rotatable bonds is 5. The Morgan fingerprint density at radius 1 is 1.08 bits per heavy atom. The largest absolute Gasteiger partial charge is 0.454 e. The highest BCUT2D eigenvalue weighted by Gasteiger charge is 2.17. The summed E-state index contributed by atoms with van der Waals surface area (Å²) in [5.74, 6) is 1.76. The van der Waals surface area contributed by atoms with Crippen LogP contribution >= 0.6 is 0 Å². The van der Waals surface area contributed by atoms with Gasteiger partial charge in [-0.05, 0) is 54.4 Å². The predicted octanol–water partition coefficient (Wildman–Crippen LogP) is 4.52. The van der Waals surface area contributed by atoms with E-state index in [1.54, 1.807) is 12.1 Å². The zero-order valence-corrected chi connectivity index (χ0v) is 14.9. The lowest BCUT2D eigenvalue weighted by molar-refractivity contribution is 0.174. The highest BCUT2D eigenvalue weighted by atomic mass is 19.1. The monoisotopic (exact) mass is 352 g/mol. The van der Waals surface area contributed by atoms with E-state index in [1.165, 1.54) is 12.1 Å². The number of pyridine rings is 1. The SMILES string of the molecule is CC(C)CNCc1cc2cc3c(cc2nc1-c1ccc(F)cc1)OCO3. The number of halogens is 1. The maximum Gasteiger partial charge on any atom is 0.231 e. The Morgan fingerprint density at radius 2 is 1.81 bits per heavy atom. The molecule has 0 amide bonds. The van der Waals surface area contributed by atoms with Crippen LogP contribution in [0.5, 0.6) is 11.5 Å². The van der Waals surface area contributed by atoms with Crippen molar-refractivity contribution in [1.29, 1.82) is 0 Å². The molecule has 1 aliphatic rings. The second-order valence-electron chi connectivity index (χ2n) is 6.93. The molecule has 134 valence electrons. The second-order valence-corrected chi connectivity index (χ2v) is 6.93. The van der Waals surface area contributed by atoms with Gasteiger partial charge in [0.25, 0.3) is 0 Å². The summed E-state index contributed by atoms with van der Waals surface area (Å²) in [6.07, 6.45) is 0. The Kier molecular flexibility index (Phi) is 4.47. The van der Waals surface area contributed by atoms with Crippen molar-refractivity contribution >= 4 is 10.9 Å². The maximum atomic E-state index is 13.3. The summed E-state index contributed by atoms with van der Waals surface area (Å²) in [6.45, 7) is 6.20. The van der Waals surface area contributed by atoms with Crippen LogP contribution < -0.4 is 14.8 Å². The van der Waals surface area contributed by atoms with Gasteiger partial charge in [-0.25, -0.2) is 9.37 Å². The van der Waals surface area contributed by atoms with Crippen molar-refractivity contribution in [1.82, 2.24) is 10.3 Å². The van der Waals surface area contributed by atoms with Gasteiger partial charge in [0.1, 0.15) is 5.82 Å². The van der Waals surface area contributed by atoms with Crippen molar-refractivity contribution in [2.24, 2.45) is 5.92 Å². The molecule has 2 aromatic carbocycles. The third kappa shape index (κ3) is 3.35. The van der Waals surface area contributed by atoms with Gasteiger partial charge in [0.05, 0.1) is 11.2 Å². The van der Waals surface area contributed by atoms with E-state index < -0.39 is 0 Å². The average molecular weight is 352 g/mol. The molecule has 0 saturated carbocycles. The molecule has 4 nitrogen and oxygen atoms in total. The first kappa shape index (κ1) is 16.8. The van der Waals surface area contributed by atoms with Crippen LogP contribution in [0.15, 0.2) is 42.5 Å². The molecule has 0 radical (unpaired) electrons. The van der Waals surface area contributed by atoms with Gasteiger partial charge >= 0.3 is 0 Å². The molecule has 3 aromatic rings. The van der Waals surface area contributed by atoms with Crippen LogP contribution in [-0.2, 0) is 6.54 Å². The van der Waals surface area contributed by atoms with Gasteiger partial charge in [-0.2, -0.15) is 0 Å². The fourth-order valence-corrected chi connectivity index (χ4v) is 3.10. The fourth-order valence-electron chi connectivity index (χ4n) is 3.10. The van der Waals surface area contributed by atoms with Crippen molar-refractivity contribution in [3.63, 3.8) is 0 Å². The Hall–Kier alpha value is -2.66. The van der Waals surface area contributed by atoms with E-state index in [-0.39, 0.29) is 12.6 Å². The number of aromatic nitrogens is 1. The number of hydrogen-bond acceptors (Lipinski definition) is 4. The smallest absolute Gasteiger partial charge is 0.231 e. The van der Waals surface area contributed by atoms with Crippen molar-refractivity contribution in [3.05, 3.63) is 53.8 Å². The molecule has 4 rings (SSSR count). The second kappa shape index (κ2) is 6.92. The van der Waals surface area contributed by atoms with Gasteiger partial charge < -0.3 is 14.8 Å². The minimum absolute atomic E-state index is 0.235. The molecule has 1 aromatic heterocycles. The highest BCUT2D eigenvalue weighted by Crippen LogP contribution is 2.37. The number of nitrogens with one attached hydrogen (secondary N) is 1. The Labute approximate surface area is 152 Å². The molecule has 2 heterocycles. The number of nitrogens with zero attached hydrogens (tertiary/aromatic N) is 1. The molecule has 0 saturated heterocycles. The first-order chi connectivity index (χ1) is 12.6. The lowest BCUT2D eigenvalue weighted by atomic mass is 10.0. The van der Waals surface area contributed by atoms with Crippen molar-refractivity contribution in [2.75, 3.05) is 13.3 Å². The molecule has 5 heteroatoms. The van der Waals surface area contributed by atoms with Gasteiger partial charge in [0, 0.05) is 23.6 Å². The van der Waals surface area contributed by atoms with Crippen LogP contribution in [0.25, 0.3) is 22.2 Å². The van der Waals surface area contributed by atoms with E-state index >= 15 is 0 Å². The Bertz CT molecular complexity index is 939. The van der Waals surface area contributed by atoms with E-state index in [0.717, 1.165) is 40.0 Å². The van der Waals surface area contributed by atoms with Crippen molar-refractivity contribution in [3.8, 4) is 22.8 Å². The minimum Gasteiger partial charge on any atom is -0.454 e. The molecule has 0 aliphatic carbocycles. The summed E-state index contributed by atoms with van der Waals surface area (Å²) >= 11 is 0. The summed E-state index contributed by atoms with van der Waals surface area (Å²) < 4.78 is 24.3. The van der Waals surface area contributed by atoms with Crippen LogP contribution in [0.3, 0.4) is 0 Å². The van der Waals surface area contributed by atoms with E-state index in [4.69, 9.17) is 14.5 Å². The van der Waals surface area contributed by atoms with Crippen LogP contribution in [-0.4, -0.2) is 18.3 Å². The van der Waals surface area contributed by atoms with Crippen LogP contribution in [0, 0.1) is 11.7 Å². The van der Waals surface area contributed by atoms with E-state index in [1.807, 2.05) is 12.1 Å². The zero-order chi connectivity index (χ0) is 18.1. The minimum atomic E-state index is -0.252. The highest BCUT2D eigenvalue weighted by molar-refractivity contribution is 5.86. The summed E-state index contributed by atoms with van der Waals surface area (Å²) in [5, 5.41) is 4.47. The molecule has 0 bridgehead atoms. The summed E-state index contributed by atoms with van der Waals surface area (Å²) in [6, 6.07) is 12.4. The van der Waals surface area contributed by atoms with Crippen molar-refractivity contribution < 1.29 is 13.9 Å². The third-order valence-electron chi connectivity index (χ3n) is 4.37. The summed E-state index contributed by atoms with van der Waals surface area (Å²) in [7, 11) is 0. The third-order valence-corrected chi connectivity index (χ3v) is 4.37. The van der Waals surface area contributed by atoms with Gasteiger partial charge in [-0.15, -0.1) is 0 Å². The van der Waals surface area contributed by atoms with E-state index in [2.05, 4.69) is 25.2 Å². The van der Waals surface area contributed by atoms with Gasteiger partial charge in [0.15, 0.2) is 11.5 Å². The number of benzene rings is 2. The van der Waals surface area contributed by atoms with Crippen molar-refractivity contribution in [2.45, 2.75) is 20.4 Å². The molecule has 0 fully saturated rings. The molecule has 0 spiro atoms. The summed E-state index contributed by atoms with van der Waals surface area (Å²) in [5.41, 5.74) is 3.66. The van der Waals surface area contributed by atoms with Gasteiger partial charge in [0.2, 0.25) is 6.79 Å². The number of hydrogen-bond donors (Lipinski definition) is 1. The predicted molar refractivity (Wildman–Crippen MR) is 99.8 cm³/mol. The molecule has 0 unspecified atom stereocenters. The molecular weight excluding hydrogens is 331 g/mol. The van der Waals surface area contributed by atoms with E-state index in [9.17, 15) is 4.39 Å². The quantitative estimate of drug-likeness (QED) is 0.733. The lowest BCUT2D eigenvalue weighted by Crippen LogP contribution is -2.19. The first-order valence-electron chi connectivity index (χ1n) is 8.80. The van der Waals surface area contributed by atoms with Gasteiger partial charge in [-0.3, -0.25) is 0 Å². The van der Waals surface area contributed by atoms with Gasteiger partial charge in [-0.1, -0.05) is 13.8 Å². The summed E-state index contributed by atoms with van der Waals surface area (Å²) in [4.78, 5) is 4.85. The van der Waals surface area contributed by atoms with Crippen LogP contribution in [0.1, 0.15) is 19.4 Å². The normalized spacial score (nSPS) is 12.9. The molecule has 26 heavy (non-hydrogen) atoms. The first-order valence-corrected chi connectivity index (χ1v) is 8.80. The van der Waals surface area contributed by atoms with Crippen LogP contribution in [0.4, 0.5) is 4.39 Å². The average Bonchev–Trinajstić information content (AvgIpc) is 3.07. The fraction of sp³-hybridized carbons (Fsp3) is 0.286. The van der Waals surface area contributed by atoms with Crippen LogP contribution in [0.2, 0.25) is 0 Å². The van der Waals surface area contributed by atoms with E-state index in [0.29, 0.717) is 18.2 Å². The standard InChI is InChI=1S/C21H21FN2O2/c1-13(2)10-23-11-16-7-15-8-19-20(26-12-25-19)9-18(15)24-21(16)14-3-5-17(22)6-4-14/h3-9,13,23H,10-12H2,1-2H3. The molecule has 1 aliphatic heterocycles. The topological polar surface area (TPSA) is 43.4 Å². The zero-order valence-electron chi connectivity index (χ0n) is 14.9. The molecule has 1 N–H and O–H groups in total. The lowest BCUT2D eigenvalue weighted by Gasteiger charge is -2.13.